The molecular formula is C9H11NO6S. The van der Waals surface area contributed by atoms with E-state index in [-0.39, 0.29) is 13.0 Å². The van der Waals surface area contributed by atoms with Crippen LogP contribution in [0.1, 0.15) is 6.42 Å². The largest absolute Gasteiger partial charge is 0.480 e. The molecule has 2 unspecified atom stereocenters. The first-order valence-corrected chi connectivity index (χ1v) is 6.29. The summed E-state index contributed by atoms with van der Waals surface area (Å²) in [6.07, 6.45) is 5.11. The Labute approximate surface area is 98.2 Å². The van der Waals surface area contributed by atoms with Gasteiger partial charge < -0.3 is 10.0 Å². The van der Waals surface area contributed by atoms with Gasteiger partial charge in [-0.1, -0.05) is 0 Å². The predicted molar refractivity (Wildman–Crippen MR) is 56.5 cm³/mol. The maximum Gasteiger partial charge on any atom is 0.327 e. The van der Waals surface area contributed by atoms with Gasteiger partial charge in [-0.2, -0.15) is 8.42 Å². The summed E-state index contributed by atoms with van der Waals surface area (Å²) in [6.45, 7) is -0.0121. The normalized spacial score (nSPS) is 22.2. The van der Waals surface area contributed by atoms with Gasteiger partial charge in [0, 0.05) is 18.9 Å². The standard InChI is InChI=1S/C9H11NO6S/c1-2-6-3-8(11)10(4-6)7(9(12)13)5-17(14,15)16/h1,6-7H,3-5H2,(H,12,13)(H,14,15,16). The number of carboxylic acids is 1. The molecule has 7 nitrogen and oxygen atoms in total. The first kappa shape index (κ1) is 13.5. The Kier molecular flexibility index (Phi) is 3.75. The van der Waals surface area contributed by atoms with Crippen molar-refractivity contribution in [2.24, 2.45) is 5.92 Å². The van der Waals surface area contributed by atoms with Crippen LogP contribution in [0.25, 0.3) is 0 Å². The number of hydrogen-bond acceptors (Lipinski definition) is 4. The second kappa shape index (κ2) is 4.73. The molecule has 1 aliphatic heterocycles. The van der Waals surface area contributed by atoms with Crippen molar-refractivity contribution in [1.29, 1.82) is 0 Å². The van der Waals surface area contributed by atoms with E-state index in [1.165, 1.54) is 0 Å². The first-order chi connectivity index (χ1) is 7.74. The van der Waals surface area contributed by atoms with E-state index in [1.807, 2.05) is 0 Å². The van der Waals surface area contributed by atoms with Crippen LogP contribution in [-0.2, 0) is 19.7 Å². The predicted octanol–water partition coefficient (Wildman–Crippen LogP) is -1.19. The molecule has 1 fully saturated rings. The van der Waals surface area contributed by atoms with Gasteiger partial charge in [-0.3, -0.25) is 9.35 Å². The Morgan fingerprint density at radius 2 is 2.24 bits per heavy atom. The van der Waals surface area contributed by atoms with Crippen LogP contribution in [0.2, 0.25) is 0 Å². The lowest BCUT2D eigenvalue weighted by Crippen LogP contribution is -2.46. The van der Waals surface area contributed by atoms with Crippen molar-refractivity contribution in [2.45, 2.75) is 12.5 Å². The van der Waals surface area contributed by atoms with Crippen LogP contribution in [0.3, 0.4) is 0 Å². The van der Waals surface area contributed by atoms with E-state index in [4.69, 9.17) is 16.1 Å². The van der Waals surface area contributed by atoms with Crippen molar-refractivity contribution >= 4 is 22.0 Å². The fraction of sp³-hybridized carbons (Fsp3) is 0.556. The lowest BCUT2D eigenvalue weighted by molar-refractivity contribution is -0.147. The summed E-state index contributed by atoms with van der Waals surface area (Å²) in [5.74, 6) is -1.16. The third kappa shape index (κ3) is 3.44. The van der Waals surface area contributed by atoms with Crippen LogP contribution in [-0.4, -0.2) is 53.2 Å². The van der Waals surface area contributed by atoms with Gasteiger partial charge in [0.2, 0.25) is 5.91 Å². The second-order valence-electron chi connectivity index (χ2n) is 3.72. The van der Waals surface area contributed by atoms with E-state index in [1.54, 1.807) is 0 Å². The number of hydrogen-bond donors (Lipinski definition) is 2. The minimum Gasteiger partial charge on any atom is -0.480 e. The summed E-state index contributed by atoms with van der Waals surface area (Å²) in [5, 5.41) is 8.85. The maximum atomic E-state index is 11.5. The molecule has 0 aromatic rings. The molecule has 0 radical (unpaired) electrons. The molecule has 1 amide bonds. The first-order valence-electron chi connectivity index (χ1n) is 4.68. The summed E-state index contributed by atoms with van der Waals surface area (Å²) in [4.78, 5) is 23.2. The molecule has 0 bridgehead atoms. The van der Waals surface area contributed by atoms with Crippen LogP contribution >= 0.6 is 0 Å². The van der Waals surface area contributed by atoms with Crippen molar-refractivity contribution in [1.82, 2.24) is 4.90 Å². The molecule has 0 saturated carbocycles. The molecule has 2 N–H and O–H groups in total. The highest BCUT2D eigenvalue weighted by Gasteiger charge is 2.39. The number of aliphatic carboxylic acids is 1. The third-order valence-electron chi connectivity index (χ3n) is 2.42. The molecular weight excluding hydrogens is 250 g/mol. The van der Waals surface area contributed by atoms with E-state index in [2.05, 4.69) is 5.92 Å². The van der Waals surface area contributed by atoms with Crippen molar-refractivity contribution in [3.63, 3.8) is 0 Å². The van der Waals surface area contributed by atoms with Crippen molar-refractivity contribution in [2.75, 3.05) is 12.3 Å². The number of carboxylic acid groups (broad SMARTS) is 1. The van der Waals surface area contributed by atoms with Crippen LogP contribution in [0, 0.1) is 18.3 Å². The summed E-state index contributed by atoms with van der Waals surface area (Å²) in [6, 6.07) is -1.60. The number of terminal acetylenes is 1. The monoisotopic (exact) mass is 261 g/mol. The summed E-state index contributed by atoms with van der Waals surface area (Å²) < 4.78 is 30.0. The zero-order valence-corrected chi connectivity index (χ0v) is 9.55. The molecule has 0 aliphatic carbocycles. The lowest BCUT2D eigenvalue weighted by atomic mass is 10.1. The summed E-state index contributed by atoms with van der Waals surface area (Å²) in [5.41, 5.74) is 0. The minimum atomic E-state index is -4.48. The van der Waals surface area contributed by atoms with Gasteiger partial charge in [-0.15, -0.1) is 12.3 Å². The fourth-order valence-corrected chi connectivity index (χ4v) is 2.36. The highest BCUT2D eigenvalue weighted by Crippen LogP contribution is 2.20. The molecule has 94 valence electrons. The Morgan fingerprint density at radius 1 is 1.65 bits per heavy atom. The molecule has 1 heterocycles. The van der Waals surface area contributed by atoms with Crippen molar-refractivity contribution in [3.8, 4) is 12.3 Å². The number of carbonyl (C=O) groups is 2. The highest BCUT2D eigenvalue weighted by atomic mass is 32.2. The molecule has 1 saturated heterocycles. The smallest absolute Gasteiger partial charge is 0.327 e. The second-order valence-corrected chi connectivity index (χ2v) is 5.21. The zero-order chi connectivity index (χ0) is 13.2. The minimum absolute atomic E-state index is 0.00818. The lowest BCUT2D eigenvalue weighted by Gasteiger charge is -2.22. The van der Waals surface area contributed by atoms with Gasteiger partial charge in [-0.05, 0) is 0 Å². The summed E-state index contributed by atoms with van der Waals surface area (Å²) in [7, 11) is -4.48. The molecule has 17 heavy (non-hydrogen) atoms. The van der Waals surface area contributed by atoms with E-state index >= 15 is 0 Å². The van der Waals surface area contributed by atoms with E-state index in [0.29, 0.717) is 0 Å². The van der Waals surface area contributed by atoms with Crippen molar-refractivity contribution in [3.05, 3.63) is 0 Å². The number of likely N-dealkylation sites (tertiary alicyclic amines) is 1. The van der Waals surface area contributed by atoms with Gasteiger partial charge in [0.25, 0.3) is 10.1 Å². The number of nitrogens with zero attached hydrogens (tertiary/aromatic N) is 1. The molecule has 0 aromatic carbocycles. The Hall–Kier alpha value is -1.59. The molecule has 0 spiro atoms. The Morgan fingerprint density at radius 3 is 2.59 bits per heavy atom. The average molecular weight is 261 g/mol. The molecule has 8 heteroatoms. The van der Waals surface area contributed by atoms with E-state index in [9.17, 15) is 18.0 Å². The van der Waals surface area contributed by atoms with E-state index in [0.717, 1.165) is 4.90 Å². The molecule has 0 aromatic heterocycles. The maximum absolute atomic E-state index is 11.5. The van der Waals surface area contributed by atoms with Crippen LogP contribution in [0.5, 0.6) is 0 Å². The van der Waals surface area contributed by atoms with Crippen molar-refractivity contribution < 1.29 is 27.7 Å². The quantitative estimate of drug-likeness (QED) is 0.486. The van der Waals surface area contributed by atoms with Gasteiger partial charge in [-0.25, -0.2) is 4.79 Å². The topological polar surface area (TPSA) is 112 Å². The van der Waals surface area contributed by atoms with Gasteiger partial charge in [0.05, 0.1) is 0 Å². The number of amides is 1. The van der Waals surface area contributed by atoms with Crippen LogP contribution in [0.15, 0.2) is 0 Å². The SMILES string of the molecule is C#CC1CC(=O)N(C(CS(=O)(=O)O)C(=O)O)C1. The number of carbonyl (C=O) groups excluding carboxylic acids is 1. The Balaban J connectivity index is 2.90. The third-order valence-corrected chi connectivity index (χ3v) is 3.16. The van der Waals surface area contributed by atoms with Crippen LogP contribution in [0.4, 0.5) is 0 Å². The number of rotatable bonds is 4. The van der Waals surface area contributed by atoms with E-state index < -0.39 is 39.7 Å². The summed E-state index contributed by atoms with van der Waals surface area (Å²) >= 11 is 0. The molecule has 1 aliphatic rings. The Bertz CT molecular complexity index is 476. The highest BCUT2D eigenvalue weighted by molar-refractivity contribution is 7.85. The van der Waals surface area contributed by atoms with Gasteiger partial charge in [0.1, 0.15) is 11.8 Å². The van der Waals surface area contributed by atoms with Gasteiger partial charge in [0.15, 0.2) is 0 Å². The fourth-order valence-electron chi connectivity index (χ4n) is 1.64. The zero-order valence-electron chi connectivity index (χ0n) is 8.74. The average Bonchev–Trinajstić information content (AvgIpc) is 2.54. The van der Waals surface area contributed by atoms with Gasteiger partial charge >= 0.3 is 5.97 Å². The molecule has 1 rings (SSSR count). The molecule has 2 atom stereocenters. The van der Waals surface area contributed by atoms with Crippen LogP contribution < -0.4 is 0 Å².